The van der Waals surface area contributed by atoms with Crippen LogP contribution in [0.5, 0.6) is 0 Å². The first-order valence-corrected chi connectivity index (χ1v) is 9.43. The number of rotatable bonds is 6. The molecule has 2 aromatic carbocycles. The molecule has 0 heterocycles. The average Bonchev–Trinajstić information content (AvgIpc) is 2.55. The zero-order valence-corrected chi connectivity index (χ0v) is 15.2. The predicted octanol–water partition coefficient (Wildman–Crippen LogP) is 3.93. The zero-order chi connectivity index (χ0) is 17.7. The summed E-state index contributed by atoms with van der Waals surface area (Å²) in [6, 6.07) is 10.2. The Bertz CT molecular complexity index is 854. The quantitative estimate of drug-likeness (QED) is 0.789. The lowest BCUT2D eigenvalue weighted by Gasteiger charge is -2.11. The SMILES string of the molecule is CCCNC(=O)c1cccc(S(=O)(=O)Nc2ccc(Cl)cc2Cl)c1. The maximum absolute atomic E-state index is 12.5. The number of nitrogens with one attached hydrogen (secondary N) is 2. The van der Waals surface area contributed by atoms with Crippen LogP contribution < -0.4 is 10.0 Å². The van der Waals surface area contributed by atoms with Gasteiger partial charge >= 0.3 is 0 Å². The second kappa shape index (κ2) is 7.88. The number of carbonyl (C=O) groups excluding carboxylic acids is 1. The molecule has 0 spiro atoms. The number of halogens is 2. The van der Waals surface area contributed by atoms with E-state index in [0.717, 1.165) is 6.42 Å². The van der Waals surface area contributed by atoms with Crippen molar-refractivity contribution in [3.8, 4) is 0 Å². The second-order valence-electron chi connectivity index (χ2n) is 5.01. The van der Waals surface area contributed by atoms with E-state index in [1.54, 1.807) is 6.07 Å². The lowest BCUT2D eigenvalue weighted by molar-refractivity contribution is 0.0953. The Morgan fingerprint density at radius 1 is 1.12 bits per heavy atom. The summed E-state index contributed by atoms with van der Waals surface area (Å²) in [6.45, 7) is 2.45. The van der Waals surface area contributed by atoms with Crippen LogP contribution >= 0.6 is 23.2 Å². The van der Waals surface area contributed by atoms with E-state index in [2.05, 4.69) is 10.0 Å². The van der Waals surface area contributed by atoms with Crippen molar-refractivity contribution in [1.29, 1.82) is 0 Å². The highest BCUT2D eigenvalue weighted by Gasteiger charge is 2.17. The summed E-state index contributed by atoms with van der Waals surface area (Å²) in [5.74, 6) is -0.321. The molecule has 0 saturated carbocycles. The van der Waals surface area contributed by atoms with Crippen LogP contribution in [0.25, 0.3) is 0 Å². The van der Waals surface area contributed by atoms with Crippen molar-refractivity contribution in [3.05, 3.63) is 58.1 Å². The van der Waals surface area contributed by atoms with Gasteiger partial charge in [0.05, 0.1) is 15.6 Å². The Kier molecular flexibility index (Phi) is 6.10. The van der Waals surface area contributed by atoms with Gasteiger partial charge in [0.1, 0.15) is 0 Å². The van der Waals surface area contributed by atoms with Gasteiger partial charge in [-0.05, 0) is 42.8 Å². The maximum atomic E-state index is 12.5. The van der Waals surface area contributed by atoms with E-state index in [1.807, 2.05) is 6.92 Å². The number of sulfonamides is 1. The molecule has 0 unspecified atom stereocenters. The first-order chi connectivity index (χ1) is 11.3. The molecule has 5 nitrogen and oxygen atoms in total. The summed E-state index contributed by atoms with van der Waals surface area (Å²) in [5.41, 5.74) is 0.482. The normalized spacial score (nSPS) is 11.1. The van der Waals surface area contributed by atoms with Gasteiger partial charge in [-0.1, -0.05) is 36.2 Å². The van der Waals surface area contributed by atoms with Crippen molar-refractivity contribution in [3.63, 3.8) is 0 Å². The number of anilines is 1. The van der Waals surface area contributed by atoms with Crippen LogP contribution in [0.15, 0.2) is 47.4 Å². The van der Waals surface area contributed by atoms with Gasteiger partial charge in [-0.2, -0.15) is 0 Å². The molecule has 8 heteroatoms. The molecule has 0 bridgehead atoms. The van der Waals surface area contributed by atoms with E-state index in [0.29, 0.717) is 11.6 Å². The van der Waals surface area contributed by atoms with Gasteiger partial charge in [-0.25, -0.2) is 8.42 Å². The summed E-state index contributed by atoms with van der Waals surface area (Å²) in [4.78, 5) is 11.9. The van der Waals surface area contributed by atoms with Gasteiger partial charge in [-0.15, -0.1) is 0 Å². The van der Waals surface area contributed by atoms with Crippen LogP contribution in [0.4, 0.5) is 5.69 Å². The van der Waals surface area contributed by atoms with E-state index in [1.165, 1.54) is 36.4 Å². The van der Waals surface area contributed by atoms with Crippen molar-refractivity contribution in [2.24, 2.45) is 0 Å². The molecule has 1 amide bonds. The minimum absolute atomic E-state index is 0.0299. The number of hydrogen-bond acceptors (Lipinski definition) is 3. The smallest absolute Gasteiger partial charge is 0.261 e. The van der Waals surface area contributed by atoms with Crippen LogP contribution in [0, 0.1) is 0 Å². The monoisotopic (exact) mass is 386 g/mol. The highest BCUT2D eigenvalue weighted by Crippen LogP contribution is 2.27. The minimum atomic E-state index is -3.88. The molecule has 2 aromatic rings. The van der Waals surface area contributed by atoms with Gasteiger partial charge in [0.25, 0.3) is 15.9 Å². The third-order valence-corrected chi connectivity index (χ3v) is 5.03. The number of hydrogen-bond donors (Lipinski definition) is 2. The fourth-order valence-electron chi connectivity index (χ4n) is 1.92. The topological polar surface area (TPSA) is 75.3 Å². The molecule has 0 saturated heterocycles. The van der Waals surface area contributed by atoms with Gasteiger partial charge < -0.3 is 5.32 Å². The number of benzene rings is 2. The van der Waals surface area contributed by atoms with Crippen LogP contribution in [0.2, 0.25) is 10.0 Å². The molecule has 0 radical (unpaired) electrons. The Morgan fingerprint density at radius 3 is 2.54 bits per heavy atom. The largest absolute Gasteiger partial charge is 0.352 e. The van der Waals surface area contributed by atoms with Crippen molar-refractivity contribution in [2.75, 3.05) is 11.3 Å². The highest BCUT2D eigenvalue weighted by molar-refractivity contribution is 7.92. The lowest BCUT2D eigenvalue weighted by Crippen LogP contribution is -2.24. The molecule has 0 aliphatic carbocycles. The summed E-state index contributed by atoms with van der Waals surface area (Å²) >= 11 is 11.8. The molecule has 0 aliphatic heterocycles. The van der Waals surface area contributed by atoms with E-state index in [9.17, 15) is 13.2 Å². The van der Waals surface area contributed by atoms with Crippen LogP contribution in [-0.4, -0.2) is 20.9 Å². The maximum Gasteiger partial charge on any atom is 0.261 e. The molecule has 0 aromatic heterocycles. The van der Waals surface area contributed by atoms with Gasteiger partial charge in [-0.3, -0.25) is 9.52 Å². The Morgan fingerprint density at radius 2 is 1.88 bits per heavy atom. The van der Waals surface area contributed by atoms with Gasteiger partial charge in [0.15, 0.2) is 0 Å². The van der Waals surface area contributed by atoms with E-state index in [-0.39, 0.29) is 27.1 Å². The summed E-state index contributed by atoms with van der Waals surface area (Å²) in [5, 5.41) is 3.29. The third kappa shape index (κ3) is 4.63. The average molecular weight is 387 g/mol. The van der Waals surface area contributed by atoms with Crippen molar-refractivity contribution >= 4 is 44.8 Å². The van der Waals surface area contributed by atoms with E-state index < -0.39 is 10.0 Å². The fraction of sp³-hybridized carbons (Fsp3) is 0.188. The van der Waals surface area contributed by atoms with Crippen molar-refractivity contribution < 1.29 is 13.2 Å². The van der Waals surface area contributed by atoms with Crippen LogP contribution in [0.3, 0.4) is 0 Å². The molecule has 0 fully saturated rings. The van der Waals surface area contributed by atoms with E-state index in [4.69, 9.17) is 23.2 Å². The standard InChI is InChI=1S/C16H16Cl2N2O3S/c1-2-8-19-16(21)11-4-3-5-13(9-11)24(22,23)20-15-7-6-12(17)10-14(15)18/h3-7,9-10,20H,2,8H2,1H3,(H,19,21). The minimum Gasteiger partial charge on any atom is -0.352 e. The zero-order valence-electron chi connectivity index (χ0n) is 12.8. The molecule has 24 heavy (non-hydrogen) atoms. The van der Waals surface area contributed by atoms with Crippen LogP contribution in [0.1, 0.15) is 23.7 Å². The lowest BCUT2D eigenvalue weighted by atomic mass is 10.2. The molecule has 2 rings (SSSR count). The van der Waals surface area contributed by atoms with Gasteiger partial charge in [0, 0.05) is 17.1 Å². The molecular weight excluding hydrogens is 371 g/mol. The van der Waals surface area contributed by atoms with Crippen molar-refractivity contribution in [1.82, 2.24) is 5.32 Å². The van der Waals surface area contributed by atoms with E-state index >= 15 is 0 Å². The summed E-state index contributed by atoms with van der Waals surface area (Å²) in [7, 11) is -3.88. The number of carbonyl (C=O) groups is 1. The third-order valence-electron chi connectivity index (χ3n) is 3.12. The Balaban J connectivity index is 2.27. The molecular formula is C16H16Cl2N2O3S. The molecule has 2 N–H and O–H groups in total. The number of amides is 1. The first kappa shape index (κ1) is 18.6. The molecule has 128 valence electrons. The Hall–Kier alpha value is -1.76. The first-order valence-electron chi connectivity index (χ1n) is 7.19. The fourth-order valence-corrected chi connectivity index (χ4v) is 3.56. The Labute approximate surface area is 151 Å². The summed E-state index contributed by atoms with van der Waals surface area (Å²) < 4.78 is 27.4. The van der Waals surface area contributed by atoms with Gasteiger partial charge in [0.2, 0.25) is 0 Å². The predicted molar refractivity (Wildman–Crippen MR) is 96.3 cm³/mol. The van der Waals surface area contributed by atoms with Crippen LogP contribution in [-0.2, 0) is 10.0 Å². The second-order valence-corrected chi connectivity index (χ2v) is 7.54. The molecule has 0 aliphatic rings. The molecule has 0 atom stereocenters. The van der Waals surface area contributed by atoms with Crippen molar-refractivity contribution in [2.45, 2.75) is 18.2 Å². The highest BCUT2D eigenvalue weighted by atomic mass is 35.5. The summed E-state index contributed by atoms with van der Waals surface area (Å²) in [6.07, 6.45) is 0.792.